The van der Waals surface area contributed by atoms with E-state index in [2.05, 4.69) is 15.3 Å². The molecule has 0 fully saturated rings. The molecule has 2 aromatic heterocycles. The maximum Gasteiger partial charge on any atom is 0.416 e. The van der Waals surface area contributed by atoms with E-state index < -0.39 is 39.1 Å². The van der Waals surface area contributed by atoms with Crippen LogP contribution in [-0.2, 0) is 16.3 Å². The lowest BCUT2D eigenvalue weighted by atomic mass is 10.1. The highest BCUT2D eigenvalue weighted by Crippen LogP contribution is 2.42. The highest BCUT2D eigenvalue weighted by atomic mass is 32.2. The van der Waals surface area contributed by atoms with Gasteiger partial charge in [0.05, 0.1) is 31.6 Å². The number of aromatic nitrogens is 2. The number of benzene rings is 4. The monoisotopic (exact) mass is 643 g/mol. The van der Waals surface area contributed by atoms with Gasteiger partial charge in [0.1, 0.15) is 20.7 Å². The molecule has 0 saturated carbocycles. The number of alkyl halides is 3. The van der Waals surface area contributed by atoms with Crippen molar-refractivity contribution in [2.24, 2.45) is 0 Å². The van der Waals surface area contributed by atoms with Crippen molar-refractivity contribution in [2.45, 2.75) is 18.0 Å². The molecular formula is C29H17F4N3O4S3. The number of nitrogens with zero attached hydrogens (tertiary/aromatic N) is 2. The standard InChI is InChI=1S/C29H17F4N3O4S3/c1-14-2-10-21-23(12-14)41-28(35-21)18-8-11-22-24(25(18)43(38,39)40)42-27(36-22)15-3-6-17(7-4-15)34-26(37)19-13-16(29(31,32)33)5-9-20(19)30/h2-13H,1H3,(H,34,37)(H,38,39,40). The molecule has 0 saturated heterocycles. The maximum absolute atomic E-state index is 14.1. The third-order valence-corrected chi connectivity index (χ3v) is 9.73. The van der Waals surface area contributed by atoms with Gasteiger partial charge in [0.15, 0.2) is 0 Å². The normalized spacial score (nSPS) is 12.2. The smallest absolute Gasteiger partial charge is 0.322 e. The Morgan fingerprint density at radius 2 is 1.58 bits per heavy atom. The first-order valence-corrected chi connectivity index (χ1v) is 15.4. The van der Waals surface area contributed by atoms with Gasteiger partial charge in [-0.1, -0.05) is 6.07 Å². The molecule has 6 rings (SSSR count). The van der Waals surface area contributed by atoms with Gasteiger partial charge in [0, 0.05) is 16.8 Å². The maximum atomic E-state index is 14.1. The topological polar surface area (TPSA) is 109 Å². The van der Waals surface area contributed by atoms with Crippen molar-refractivity contribution >= 4 is 64.8 Å². The SMILES string of the molecule is Cc1ccc2nc(-c3ccc4nc(-c5ccc(NC(=O)c6cc(C(F)(F)F)ccc6F)cc5)sc4c3S(=O)(=O)O)sc2c1. The Morgan fingerprint density at radius 3 is 2.28 bits per heavy atom. The molecule has 0 bridgehead atoms. The van der Waals surface area contributed by atoms with Crippen LogP contribution < -0.4 is 5.32 Å². The minimum atomic E-state index is -4.74. The van der Waals surface area contributed by atoms with Gasteiger partial charge < -0.3 is 5.32 Å². The highest BCUT2D eigenvalue weighted by molar-refractivity contribution is 7.86. The number of anilines is 1. The van der Waals surface area contributed by atoms with Crippen molar-refractivity contribution in [3.8, 4) is 21.1 Å². The summed E-state index contributed by atoms with van der Waals surface area (Å²) in [5.74, 6) is -2.17. The van der Waals surface area contributed by atoms with Gasteiger partial charge in [-0.2, -0.15) is 21.6 Å². The predicted octanol–water partition coefficient (Wildman–Crippen LogP) is 8.21. The molecule has 7 nitrogen and oxygen atoms in total. The molecule has 218 valence electrons. The largest absolute Gasteiger partial charge is 0.416 e. The van der Waals surface area contributed by atoms with Crippen molar-refractivity contribution in [2.75, 3.05) is 5.32 Å². The van der Waals surface area contributed by atoms with E-state index in [-0.39, 0.29) is 20.8 Å². The molecule has 2 heterocycles. The van der Waals surface area contributed by atoms with Crippen LogP contribution in [0.1, 0.15) is 21.5 Å². The fourth-order valence-electron chi connectivity index (χ4n) is 4.43. The lowest BCUT2D eigenvalue weighted by molar-refractivity contribution is -0.137. The summed E-state index contributed by atoms with van der Waals surface area (Å²) in [6, 6.07) is 16.4. The van der Waals surface area contributed by atoms with Crippen molar-refractivity contribution < 1.29 is 35.3 Å². The number of carbonyl (C=O) groups is 1. The molecule has 0 aliphatic carbocycles. The summed E-state index contributed by atoms with van der Waals surface area (Å²) in [5, 5.41) is 3.19. The van der Waals surface area contributed by atoms with Crippen LogP contribution >= 0.6 is 22.7 Å². The molecule has 4 aromatic carbocycles. The fourth-order valence-corrected chi connectivity index (χ4v) is 7.83. The second-order valence-corrected chi connectivity index (χ2v) is 12.9. The van der Waals surface area contributed by atoms with Crippen LogP contribution in [0.25, 0.3) is 41.6 Å². The van der Waals surface area contributed by atoms with Crippen LogP contribution in [0, 0.1) is 12.7 Å². The molecule has 0 aliphatic rings. The second kappa shape index (κ2) is 10.5. The summed E-state index contributed by atoms with van der Waals surface area (Å²) >= 11 is 2.33. The number of hydrogen-bond acceptors (Lipinski definition) is 7. The zero-order chi connectivity index (χ0) is 30.7. The molecule has 14 heteroatoms. The average Bonchev–Trinajstić information content (AvgIpc) is 3.56. The highest BCUT2D eigenvalue weighted by Gasteiger charge is 2.32. The number of rotatable bonds is 5. The average molecular weight is 644 g/mol. The van der Waals surface area contributed by atoms with Gasteiger partial charge in [-0.05, 0) is 79.2 Å². The number of fused-ring (bicyclic) bond motifs is 2. The van der Waals surface area contributed by atoms with Crippen LogP contribution in [0.2, 0.25) is 0 Å². The Balaban J connectivity index is 1.33. The Bertz CT molecular complexity index is 2170. The summed E-state index contributed by atoms with van der Waals surface area (Å²) in [6.45, 7) is 1.93. The van der Waals surface area contributed by atoms with Crippen LogP contribution in [0.15, 0.2) is 77.7 Å². The molecule has 0 atom stereocenters. The first-order chi connectivity index (χ1) is 20.3. The molecule has 0 spiro atoms. The van der Waals surface area contributed by atoms with Gasteiger partial charge >= 0.3 is 6.18 Å². The summed E-state index contributed by atoms with van der Waals surface area (Å²) in [7, 11) is -4.70. The fraction of sp³-hybridized carbons (Fsp3) is 0.0690. The number of aryl methyl sites for hydroxylation is 1. The second-order valence-electron chi connectivity index (χ2n) is 9.50. The van der Waals surface area contributed by atoms with E-state index in [0.29, 0.717) is 44.8 Å². The Kier molecular flexibility index (Phi) is 7.04. The lowest BCUT2D eigenvalue weighted by Gasteiger charge is -2.10. The van der Waals surface area contributed by atoms with Crippen LogP contribution in [0.3, 0.4) is 0 Å². The van der Waals surface area contributed by atoms with Crippen molar-refractivity contribution in [1.82, 2.24) is 9.97 Å². The van der Waals surface area contributed by atoms with Crippen LogP contribution in [0.4, 0.5) is 23.2 Å². The minimum absolute atomic E-state index is 0.179. The van der Waals surface area contributed by atoms with Crippen LogP contribution in [0.5, 0.6) is 0 Å². The molecule has 0 aliphatic heterocycles. The molecule has 43 heavy (non-hydrogen) atoms. The van der Waals surface area contributed by atoms with E-state index in [1.165, 1.54) is 23.5 Å². The first kappa shape index (κ1) is 28.9. The van der Waals surface area contributed by atoms with Gasteiger partial charge in [-0.15, -0.1) is 22.7 Å². The van der Waals surface area contributed by atoms with E-state index in [9.17, 15) is 35.3 Å². The summed E-state index contributed by atoms with van der Waals surface area (Å²) < 4.78 is 89.7. The molecular weight excluding hydrogens is 627 g/mol. The quantitative estimate of drug-likeness (QED) is 0.145. The molecule has 1 amide bonds. The summed E-state index contributed by atoms with van der Waals surface area (Å²) in [6.07, 6.45) is -4.74. The van der Waals surface area contributed by atoms with E-state index in [4.69, 9.17) is 0 Å². The van der Waals surface area contributed by atoms with Gasteiger partial charge in [0.25, 0.3) is 16.0 Å². The van der Waals surface area contributed by atoms with Crippen molar-refractivity contribution in [1.29, 1.82) is 0 Å². The molecule has 0 unspecified atom stereocenters. The zero-order valence-corrected chi connectivity index (χ0v) is 24.2. The Hall–Kier alpha value is -4.24. The number of nitrogens with one attached hydrogen (secondary N) is 1. The third kappa shape index (κ3) is 5.61. The van der Waals surface area contributed by atoms with E-state index in [0.717, 1.165) is 21.6 Å². The molecule has 2 N–H and O–H groups in total. The number of halogens is 4. The predicted molar refractivity (Wildman–Crippen MR) is 158 cm³/mol. The zero-order valence-electron chi connectivity index (χ0n) is 21.7. The first-order valence-electron chi connectivity index (χ1n) is 12.3. The molecule has 6 aromatic rings. The summed E-state index contributed by atoms with van der Waals surface area (Å²) in [4.78, 5) is 21.3. The number of carbonyl (C=O) groups excluding carboxylic acids is 1. The van der Waals surface area contributed by atoms with Crippen molar-refractivity contribution in [3.05, 3.63) is 95.3 Å². The van der Waals surface area contributed by atoms with Crippen LogP contribution in [-0.4, -0.2) is 28.8 Å². The third-order valence-electron chi connectivity index (χ3n) is 6.47. The lowest BCUT2D eigenvalue weighted by Crippen LogP contribution is -2.16. The number of hydrogen-bond donors (Lipinski definition) is 2. The van der Waals surface area contributed by atoms with E-state index in [1.807, 2.05) is 25.1 Å². The number of thiazole rings is 2. The van der Waals surface area contributed by atoms with E-state index >= 15 is 0 Å². The van der Waals surface area contributed by atoms with E-state index in [1.54, 1.807) is 24.3 Å². The number of amides is 1. The van der Waals surface area contributed by atoms with Crippen molar-refractivity contribution in [3.63, 3.8) is 0 Å². The Labute approximate surface area is 249 Å². The summed E-state index contributed by atoms with van der Waals surface area (Å²) in [5.41, 5.74) is 1.07. The Morgan fingerprint density at radius 1 is 0.884 bits per heavy atom. The van der Waals surface area contributed by atoms with Gasteiger partial charge in [-0.25, -0.2) is 14.4 Å². The van der Waals surface area contributed by atoms with Gasteiger partial charge in [-0.3, -0.25) is 9.35 Å². The molecule has 0 radical (unpaired) electrons. The minimum Gasteiger partial charge on any atom is -0.322 e. The van der Waals surface area contributed by atoms with Gasteiger partial charge in [0.2, 0.25) is 0 Å².